The molecular weight excluding hydrogens is 416 g/mol. The van der Waals surface area contributed by atoms with E-state index >= 15 is 0 Å². The fourth-order valence-electron chi connectivity index (χ4n) is 4.97. The lowest BCUT2D eigenvalue weighted by Gasteiger charge is -2.37. The number of likely N-dealkylation sites (tertiary alicyclic amines) is 1. The summed E-state index contributed by atoms with van der Waals surface area (Å²) < 4.78 is 10.8. The third-order valence-electron chi connectivity index (χ3n) is 6.63. The first-order valence-electron chi connectivity index (χ1n) is 11.4. The number of amides is 2. The van der Waals surface area contributed by atoms with Crippen LogP contribution in [0.25, 0.3) is 5.57 Å². The molecule has 174 valence electrons. The van der Waals surface area contributed by atoms with Crippen molar-refractivity contribution in [1.82, 2.24) is 4.90 Å². The lowest BCUT2D eigenvalue weighted by atomic mass is 9.90. The van der Waals surface area contributed by atoms with E-state index in [-0.39, 0.29) is 11.8 Å². The monoisotopic (exact) mass is 448 g/mol. The molecule has 2 heterocycles. The Morgan fingerprint density at radius 1 is 0.818 bits per heavy atom. The molecule has 0 aliphatic carbocycles. The number of aryl methyl sites for hydroxylation is 2. The summed E-state index contributed by atoms with van der Waals surface area (Å²) in [6.07, 6.45) is 1.11. The molecule has 2 aromatic carbocycles. The van der Waals surface area contributed by atoms with Crippen LogP contribution in [0, 0.1) is 25.7 Å². The molecular formula is C27H32N2O4. The van der Waals surface area contributed by atoms with Crippen molar-refractivity contribution in [2.24, 2.45) is 11.8 Å². The molecule has 0 spiro atoms. The van der Waals surface area contributed by atoms with Gasteiger partial charge in [-0.25, -0.2) is 4.90 Å². The summed E-state index contributed by atoms with van der Waals surface area (Å²) in [6, 6.07) is 11.1. The molecule has 0 radical (unpaired) electrons. The van der Waals surface area contributed by atoms with Gasteiger partial charge in [0.25, 0.3) is 11.8 Å². The lowest BCUT2D eigenvalue weighted by molar-refractivity contribution is -0.120. The van der Waals surface area contributed by atoms with Gasteiger partial charge in [-0.3, -0.25) is 9.59 Å². The van der Waals surface area contributed by atoms with Gasteiger partial charge in [-0.2, -0.15) is 0 Å². The minimum Gasteiger partial charge on any atom is -0.497 e. The van der Waals surface area contributed by atoms with E-state index in [1.54, 1.807) is 32.4 Å². The molecule has 4 rings (SSSR count). The highest BCUT2D eigenvalue weighted by Gasteiger charge is 2.44. The fraction of sp³-hybridized carbons (Fsp3) is 0.407. The maximum Gasteiger partial charge on any atom is 0.282 e. The van der Waals surface area contributed by atoms with E-state index in [2.05, 4.69) is 18.7 Å². The summed E-state index contributed by atoms with van der Waals surface area (Å²) in [4.78, 5) is 31.1. The van der Waals surface area contributed by atoms with Crippen molar-refractivity contribution in [3.8, 4) is 11.5 Å². The summed E-state index contributed by atoms with van der Waals surface area (Å²) in [5, 5.41) is 0. The number of rotatable bonds is 5. The summed E-state index contributed by atoms with van der Waals surface area (Å²) in [5.41, 5.74) is 4.40. The van der Waals surface area contributed by atoms with E-state index in [0.29, 0.717) is 40.3 Å². The van der Waals surface area contributed by atoms with Crippen LogP contribution in [0.1, 0.15) is 37.0 Å². The minimum atomic E-state index is -0.320. The smallest absolute Gasteiger partial charge is 0.282 e. The maximum atomic E-state index is 13.9. The summed E-state index contributed by atoms with van der Waals surface area (Å²) in [6.45, 7) is 9.97. The highest BCUT2D eigenvalue weighted by atomic mass is 16.5. The quantitative estimate of drug-likeness (QED) is 0.627. The van der Waals surface area contributed by atoms with Crippen molar-refractivity contribution in [3.05, 3.63) is 58.8 Å². The first-order valence-corrected chi connectivity index (χ1v) is 11.4. The van der Waals surface area contributed by atoms with Gasteiger partial charge in [0.2, 0.25) is 0 Å². The second-order valence-corrected chi connectivity index (χ2v) is 9.39. The predicted octanol–water partition coefficient (Wildman–Crippen LogP) is 4.58. The van der Waals surface area contributed by atoms with Crippen molar-refractivity contribution < 1.29 is 19.1 Å². The number of carbonyl (C=O) groups is 2. The van der Waals surface area contributed by atoms with Crippen LogP contribution in [0.15, 0.2) is 42.1 Å². The van der Waals surface area contributed by atoms with Gasteiger partial charge in [0, 0.05) is 31.3 Å². The summed E-state index contributed by atoms with van der Waals surface area (Å²) >= 11 is 0. The highest BCUT2D eigenvalue weighted by molar-refractivity contribution is 6.45. The second kappa shape index (κ2) is 8.93. The number of anilines is 1. The van der Waals surface area contributed by atoms with Crippen molar-refractivity contribution >= 4 is 23.1 Å². The van der Waals surface area contributed by atoms with Gasteiger partial charge in [0.05, 0.1) is 25.5 Å². The van der Waals surface area contributed by atoms with Gasteiger partial charge in [-0.1, -0.05) is 32.0 Å². The second-order valence-electron chi connectivity index (χ2n) is 9.39. The van der Waals surface area contributed by atoms with Gasteiger partial charge in [0.1, 0.15) is 17.2 Å². The molecule has 1 fully saturated rings. The molecule has 2 aromatic rings. The van der Waals surface area contributed by atoms with Gasteiger partial charge < -0.3 is 14.4 Å². The van der Waals surface area contributed by atoms with Crippen LogP contribution < -0.4 is 14.4 Å². The molecule has 2 amide bonds. The third-order valence-corrected chi connectivity index (χ3v) is 6.63. The van der Waals surface area contributed by atoms with Crippen molar-refractivity contribution in [2.75, 3.05) is 32.2 Å². The Hall–Kier alpha value is -3.28. The first-order chi connectivity index (χ1) is 15.7. The van der Waals surface area contributed by atoms with Gasteiger partial charge >= 0.3 is 0 Å². The molecule has 0 aromatic heterocycles. The average Bonchev–Trinajstić information content (AvgIpc) is 3.04. The van der Waals surface area contributed by atoms with Gasteiger partial charge in [0.15, 0.2) is 0 Å². The van der Waals surface area contributed by atoms with E-state index in [0.717, 1.165) is 36.2 Å². The summed E-state index contributed by atoms with van der Waals surface area (Å²) in [7, 11) is 3.10. The number of carbonyl (C=O) groups excluding carboxylic acids is 2. The molecule has 0 N–H and O–H groups in total. The third kappa shape index (κ3) is 4.22. The number of benzene rings is 2. The molecule has 2 atom stereocenters. The minimum absolute atomic E-state index is 0.301. The number of imide groups is 1. The van der Waals surface area contributed by atoms with Crippen LogP contribution in [0.2, 0.25) is 0 Å². The Labute approximate surface area is 195 Å². The summed E-state index contributed by atoms with van der Waals surface area (Å²) in [5.74, 6) is 1.30. The fourth-order valence-corrected chi connectivity index (χ4v) is 4.97. The Kier molecular flexibility index (Phi) is 6.19. The van der Waals surface area contributed by atoms with Gasteiger partial charge in [-0.05, 0) is 48.8 Å². The largest absolute Gasteiger partial charge is 0.497 e. The van der Waals surface area contributed by atoms with Gasteiger partial charge in [-0.15, -0.1) is 0 Å². The number of hydrogen-bond acceptors (Lipinski definition) is 5. The van der Waals surface area contributed by atoms with Crippen LogP contribution in [0.3, 0.4) is 0 Å². The molecule has 1 saturated heterocycles. The topological polar surface area (TPSA) is 59.1 Å². The Morgan fingerprint density at radius 2 is 1.42 bits per heavy atom. The van der Waals surface area contributed by atoms with Crippen LogP contribution in [-0.2, 0) is 9.59 Å². The number of ether oxygens (including phenoxy) is 2. The van der Waals surface area contributed by atoms with E-state index in [1.807, 2.05) is 32.0 Å². The Morgan fingerprint density at radius 3 is 1.97 bits per heavy atom. The SMILES string of the molecule is COc1cc(OC)cc(N2C(=O)C(c3ccc(C)c(C)c3)=C(N3CC(C)CC(C)C3)C2=O)c1. The number of nitrogens with zero attached hydrogens (tertiary/aromatic N) is 2. The molecule has 0 bridgehead atoms. The standard InChI is InChI=1S/C27H32N2O4/c1-16-9-17(2)15-28(14-16)25-24(20-8-7-18(3)19(4)10-20)26(30)29(27(25)31)21-11-22(32-5)13-23(12-21)33-6/h7-8,10-13,16-17H,9,14-15H2,1-6H3. The molecule has 6 nitrogen and oxygen atoms in total. The van der Waals surface area contributed by atoms with Crippen LogP contribution in [0.5, 0.6) is 11.5 Å². The van der Waals surface area contributed by atoms with E-state index in [9.17, 15) is 9.59 Å². The van der Waals surface area contributed by atoms with Crippen LogP contribution >= 0.6 is 0 Å². The number of hydrogen-bond donors (Lipinski definition) is 0. The molecule has 33 heavy (non-hydrogen) atoms. The van der Waals surface area contributed by atoms with Crippen LogP contribution in [-0.4, -0.2) is 44.0 Å². The normalized spacial score (nSPS) is 21.2. The maximum absolute atomic E-state index is 13.9. The molecule has 2 aliphatic rings. The molecule has 0 saturated carbocycles. The van der Waals surface area contributed by atoms with Crippen molar-refractivity contribution in [2.45, 2.75) is 34.1 Å². The lowest BCUT2D eigenvalue weighted by Crippen LogP contribution is -2.42. The molecule has 2 unspecified atom stereocenters. The average molecular weight is 449 g/mol. The Balaban J connectivity index is 1.87. The zero-order valence-electron chi connectivity index (χ0n) is 20.3. The predicted molar refractivity (Wildman–Crippen MR) is 129 cm³/mol. The number of methoxy groups -OCH3 is 2. The van der Waals surface area contributed by atoms with E-state index in [4.69, 9.17) is 9.47 Å². The Bertz CT molecular complexity index is 1100. The first kappa shape index (κ1) is 22.9. The van der Waals surface area contributed by atoms with Crippen molar-refractivity contribution in [3.63, 3.8) is 0 Å². The zero-order chi connectivity index (χ0) is 23.9. The van der Waals surface area contributed by atoms with E-state index in [1.165, 1.54) is 4.90 Å². The highest BCUT2D eigenvalue weighted by Crippen LogP contribution is 2.39. The van der Waals surface area contributed by atoms with E-state index < -0.39 is 0 Å². The van der Waals surface area contributed by atoms with Crippen molar-refractivity contribution in [1.29, 1.82) is 0 Å². The molecule has 2 aliphatic heterocycles. The zero-order valence-corrected chi connectivity index (χ0v) is 20.3. The van der Waals surface area contributed by atoms with Crippen LogP contribution in [0.4, 0.5) is 5.69 Å². The number of piperidine rings is 1. The molecule has 6 heteroatoms.